The molecule has 1 aliphatic carbocycles. The largest absolute Gasteiger partial charge is 0.484 e. The van der Waals surface area contributed by atoms with Gasteiger partial charge in [0.2, 0.25) is 0 Å². The SMILES string of the molecule is O=C(COc1ccc(F)cc1)N(C[C@H](O)c1ccccc1)C1CC1. The number of aliphatic hydroxyl groups is 1. The van der Waals surface area contributed by atoms with Crippen LogP contribution in [-0.4, -0.2) is 35.1 Å². The van der Waals surface area contributed by atoms with E-state index >= 15 is 0 Å². The van der Waals surface area contributed by atoms with E-state index in [9.17, 15) is 14.3 Å². The standard InChI is InChI=1S/C19H20FNO3/c20-15-6-10-17(11-7-15)24-13-19(23)21(16-8-9-16)12-18(22)14-4-2-1-3-5-14/h1-7,10-11,16,18,22H,8-9,12-13H2/t18-/m0/s1. The molecule has 0 unspecified atom stereocenters. The van der Waals surface area contributed by atoms with Crippen molar-refractivity contribution in [2.24, 2.45) is 0 Å². The predicted octanol–water partition coefficient (Wildman–Crippen LogP) is 2.93. The summed E-state index contributed by atoms with van der Waals surface area (Å²) in [6.45, 7) is 0.129. The number of hydrogen-bond acceptors (Lipinski definition) is 3. The number of aliphatic hydroxyl groups excluding tert-OH is 1. The van der Waals surface area contributed by atoms with Gasteiger partial charge in [-0.2, -0.15) is 0 Å². The van der Waals surface area contributed by atoms with E-state index in [0.717, 1.165) is 18.4 Å². The van der Waals surface area contributed by atoms with Gasteiger partial charge < -0.3 is 14.7 Å². The minimum absolute atomic E-state index is 0.121. The fourth-order valence-electron chi connectivity index (χ4n) is 2.57. The Hall–Kier alpha value is -2.40. The Bertz CT molecular complexity index is 671. The highest BCUT2D eigenvalue weighted by molar-refractivity contribution is 5.78. The van der Waals surface area contributed by atoms with E-state index in [-0.39, 0.29) is 30.9 Å². The summed E-state index contributed by atoms with van der Waals surface area (Å²) in [5.41, 5.74) is 0.787. The third kappa shape index (κ3) is 4.32. The van der Waals surface area contributed by atoms with Gasteiger partial charge in [-0.25, -0.2) is 4.39 Å². The summed E-state index contributed by atoms with van der Waals surface area (Å²) < 4.78 is 18.3. The van der Waals surface area contributed by atoms with Crippen LogP contribution in [0.1, 0.15) is 24.5 Å². The number of nitrogens with zero attached hydrogens (tertiary/aromatic N) is 1. The highest BCUT2D eigenvalue weighted by atomic mass is 19.1. The van der Waals surface area contributed by atoms with Crippen LogP contribution in [0.2, 0.25) is 0 Å². The first-order valence-corrected chi connectivity index (χ1v) is 8.04. The van der Waals surface area contributed by atoms with E-state index in [1.165, 1.54) is 24.3 Å². The van der Waals surface area contributed by atoms with Crippen LogP contribution in [0.5, 0.6) is 5.75 Å². The zero-order valence-electron chi connectivity index (χ0n) is 13.3. The second kappa shape index (κ2) is 7.45. The molecule has 4 nitrogen and oxygen atoms in total. The predicted molar refractivity (Wildman–Crippen MR) is 88.0 cm³/mol. The van der Waals surface area contributed by atoms with Crippen LogP contribution in [0.3, 0.4) is 0 Å². The summed E-state index contributed by atoms with van der Waals surface area (Å²) in [4.78, 5) is 14.1. The van der Waals surface area contributed by atoms with E-state index in [4.69, 9.17) is 4.74 Å². The number of halogens is 1. The molecule has 0 bridgehead atoms. The zero-order valence-corrected chi connectivity index (χ0v) is 13.3. The Balaban J connectivity index is 1.58. The van der Waals surface area contributed by atoms with Gasteiger partial charge in [0.05, 0.1) is 12.6 Å². The first-order valence-electron chi connectivity index (χ1n) is 8.04. The van der Waals surface area contributed by atoms with Gasteiger partial charge >= 0.3 is 0 Å². The molecular formula is C19H20FNO3. The molecule has 1 N–H and O–H groups in total. The molecule has 2 aromatic rings. The van der Waals surface area contributed by atoms with Gasteiger partial charge in [0.15, 0.2) is 6.61 Å². The second-order valence-electron chi connectivity index (χ2n) is 5.95. The fourth-order valence-corrected chi connectivity index (χ4v) is 2.57. The number of hydrogen-bond donors (Lipinski definition) is 1. The van der Waals surface area contributed by atoms with Crippen molar-refractivity contribution in [3.63, 3.8) is 0 Å². The van der Waals surface area contributed by atoms with Gasteiger partial charge in [-0.15, -0.1) is 0 Å². The third-order valence-electron chi connectivity index (χ3n) is 4.04. The van der Waals surface area contributed by atoms with Crippen LogP contribution in [0.25, 0.3) is 0 Å². The summed E-state index contributed by atoms with van der Waals surface area (Å²) >= 11 is 0. The molecule has 1 saturated carbocycles. The maximum atomic E-state index is 12.9. The van der Waals surface area contributed by atoms with Crippen molar-refractivity contribution in [2.75, 3.05) is 13.2 Å². The van der Waals surface area contributed by atoms with E-state index in [0.29, 0.717) is 5.75 Å². The van der Waals surface area contributed by atoms with Gasteiger partial charge in [0.1, 0.15) is 11.6 Å². The Morgan fingerprint density at radius 3 is 2.46 bits per heavy atom. The lowest BCUT2D eigenvalue weighted by Crippen LogP contribution is -2.39. The summed E-state index contributed by atoms with van der Waals surface area (Å²) in [5, 5.41) is 10.4. The molecule has 0 spiro atoms. The molecule has 0 aromatic heterocycles. The lowest BCUT2D eigenvalue weighted by Gasteiger charge is -2.25. The lowest BCUT2D eigenvalue weighted by atomic mass is 10.1. The van der Waals surface area contributed by atoms with E-state index < -0.39 is 6.10 Å². The van der Waals surface area contributed by atoms with Crippen molar-refractivity contribution < 1.29 is 19.0 Å². The van der Waals surface area contributed by atoms with E-state index in [1.54, 1.807) is 4.90 Å². The number of rotatable bonds is 7. The molecule has 5 heteroatoms. The van der Waals surface area contributed by atoms with Gasteiger partial charge in [-0.3, -0.25) is 4.79 Å². The van der Waals surface area contributed by atoms with Gasteiger partial charge in [-0.1, -0.05) is 30.3 Å². The summed E-state index contributed by atoms with van der Waals surface area (Å²) in [6.07, 6.45) is 1.18. The van der Waals surface area contributed by atoms with Crippen LogP contribution in [0.4, 0.5) is 4.39 Å². The highest BCUT2D eigenvalue weighted by Gasteiger charge is 2.34. The molecule has 3 rings (SSSR count). The number of amides is 1. The quantitative estimate of drug-likeness (QED) is 0.850. The average molecular weight is 329 g/mol. The van der Waals surface area contributed by atoms with Gasteiger partial charge in [0.25, 0.3) is 5.91 Å². The molecule has 0 radical (unpaired) electrons. The van der Waals surface area contributed by atoms with Crippen molar-refractivity contribution in [1.29, 1.82) is 0 Å². The Morgan fingerprint density at radius 1 is 1.17 bits per heavy atom. The number of benzene rings is 2. The minimum atomic E-state index is -0.721. The maximum absolute atomic E-state index is 12.9. The minimum Gasteiger partial charge on any atom is -0.484 e. The smallest absolute Gasteiger partial charge is 0.260 e. The molecule has 126 valence electrons. The lowest BCUT2D eigenvalue weighted by molar-refractivity contribution is -0.135. The summed E-state index contributed by atoms with van der Waals surface area (Å²) in [7, 11) is 0. The van der Waals surface area contributed by atoms with Crippen molar-refractivity contribution in [1.82, 2.24) is 4.90 Å². The molecule has 1 atom stereocenters. The highest BCUT2D eigenvalue weighted by Crippen LogP contribution is 2.29. The molecule has 0 aliphatic heterocycles. The van der Waals surface area contributed by atoms with Crippen LogP contribution >= 0.6 is 0 Å². The van der Waals surface area contributed by atoms with Crippen molar-refractivity contribution >= 4 is 5.91 Å². The van der Waals surface area contributed by atoms with E-state index in [1.807, 2.05) is 30.3 Å². The molecule has 24 heavy (non-hydrogen) atoms. The monoisotopic (exact) mass is 329 g/mol. The number of carbonyl (C=O) groups excluding carboxylic acids is 1. The third-order valence-corrected chi connectivity index (χ3v) is 4.04. The Morgan fingerprint density at radius 2 is 1.83 bits per heavy atom. The zero-order chi connectivity index (χ0) is 16.9. The van der Waals surface area contributed by atoms with Gasteiger partial charge in [0, 0.05) is 6.04 Å². The van der Waals surface area contributed by atoms with Crippen LogP contribution in [0, 0.1) is 5.82 Å². The molecule has 2 aromatic carbocycles. The van der Waals surface area contributed by atoms with Crippen molar-refractivity contribution in [2.45, 2.75) is 25.0 Å². The molecule has 1 aliphatic rings. The summed E-state index contributed by atoms with van der Waals surface area (Å²) in [5.74, 6) is -0.0693. The van der Waals surface area contributed by atoms with E-state index in [2.05, 4.69) is 0 Å². The van der Waals surface area contributed by atoms with Gasteiger partial charge in [-0.05, 0) is 42.7 Å². The molecule has 1 fully saturated rings. The molecule has 0 saturated heterocycles. The van der Waals surface area contributed by atoms with Crippen molar-refractivity contribution in [3.05, 3.63) is 66.0 Å². The summed E-state index contributed by atoms with van der Waals surface area (Å²) in [6, 6.07) is 15.0. The first kappa shape index (κ1) is 16.5. The number of carbonyl (C=O) groups is 1. The van der Waals surface area contributed by atoms with Crippen LogP contribution < -0.4 is 4.74 Å². The number of ether oxygens (including phenoxy) is 1. The Kier molecular flexibility index (Phi) is 5.11. The topological polar surface area (TPSA) is 49.8 Å². The first-order chi connectivity index (χ1) is 11.6. The maximum Gasteiger partial charge on any atom is 0.260 e. The molecule has 0 heterocycles. The van der Waals surface area contributed by atoms with Crippen LogP contribution in [-0.2, 0) is 4.79 Å². The molecular weight excluding hydrogens is 309 g/mol. The average Bonchev–Trinajstić information content (AvgIpc) is 3.44. The van der Waals surface area contributed by atoms with Crippen LogP contribution in [0.15, 0.2) is 54.6 Å². The van der Waals surface area contributed by atoms with Crippen molar-refractivity contribution in [3.8, 4) is 5.75 Å². The fraction of sp³-hybridized carbons (Fsp3) is 0.316. The normalized spacial score (nSPS) is 14.9. The second-order valence-corrected chi connectivity index (χ2v) is 5.95. The molecule has 1 amide bonds. The Labute approximate surface area is 140 Å².